The summed E-state index contributed by atoms with van der Waals surface area (Å²) < 4.78 is 8.79. The summed E-state index contributed by atoms with van der Waals surface area (Å²) in [6.45, 7) is 0. The third-order valence-corrected chi connectivity index (χ3v) is 9.08. The van der Waals surface area contributed by atoms with Gasteiger partial charge in [-0.25, -0.2) is 0 Å². The molecule has 0 radical (unpaired) electrons. The van der Waals surface area contributed by atoms with Crippen molar-refractivity contribution in [3.05, 3.63) is 139 Å². The Morgan fingerprint density at radius 3 is 1.95 bits per heavy atom. The average Bonchev–Trinajstić information content (AvgIpc) is 3.58. The molecule has 0 spiro atoms. The predicted octanol–water partition coefficient (Wildman–Crippen LogP) is 10.2. The minimum atomic E-state index is 0.773. The first-order chi connectivity index (χ1) is 20.3. The molecule has 6 aromatic carbocycles. The van der Waals surface area contributed by atoms with Crippen molar-refractivity contribution >= 4 is 61.2 Å². The molecule has 2 heterocycles. The fraction of sp³-hybridized carbons (Fsp3) is 0.0270. The van der Waals surface area contributed by atoms with Crippen molar-refractivity contribution < 1.29 is 4.42 Å². The number of rotatable bonds is 5. The molecule has 4 heteroatoms. The second-order valence-corrected chi connectivity index (χ2v) is 11.3. The summed E-state index contributed by atoms with van der Waals surface area (Å²) >= 11 is 1.77. The van der Waals surface area contributed by atoms with E-state index < -0.39 is 0 Å². The molecule has 0 aliphatic carbocycles. The zero-order valence-electron chi connectivity index (χ0n) is 22.2. The highest BCUT2D eigenvalue weighted by molar-refractivity contribution is 7.99. The summed E-state index contributed by atoms with van der Waals surface area (Å²) in [6.07, 6.45) is 0. The van der Waals surface area contributed by atoms with E-state index in [0.29, 0.717) is 0 Å². The zero-order valence-corrected chi connectivity index (χ0v) is 23.1. The van der Waals surface area contributed by atoms with Gasteiger partial charge in [-0.3, -0.25) is 0 Å². The lowest BCUT2D eigenvalue weighted by molar-refractivity contribution is 0.669. The molecule has 0 bridgehead atoms. The van der Waals surface area contributed by atoms with E-state index in [9.17, 15) is 0 Å². The molecular formula is C37H26N2OS. The number of furan rings is 1. The number of para-hydroxylation sites is 3. The van der Waals surface area contributed by atoms with Gasteiger partial charge in [0.2, 0.25) is 0 Å². The Morgan fingerprint density at radius 1 is 0.634 bits per heavy atom. The topological polar surface area (TPSA) is 44.1 Å². The maximum absolute atomic E-state index is 6.77. The standard InChI is InChI=1S/C37H26N2OS/c38-31-22-30(25-10-2-1-3-11-25)36-35(29-14-6-9-17-34(29)40-36)37(31)41-23-24-18-20-26(21-19-24)39-32-15-7-4-12-27(32)28-13-5-8-16-33(28)39/h1-22H,23,38H2. The lowest BCUT2D eigenvalue weighted by Gasteiger charge is -2.12. The third-order valence-electron chi connectivity index (χ3n) is 7.87. The number of fused-ring (bicyclic) bond motifs is 6. The van der Waals surface area contributed by atoms with Gasteiger partial charge in [-0.2, -0.15) is 0 Å². The fourth-order valence-electron chi connectivity index (χ4n) is 5.98. The van der Waals surface area contributed by atoms with E-state index in [-0.39, 0.29) is 0 Å². The van der Waals surface area contributed by atoms with Gasteiger partial charge in [-0.15, -0.1) is 11.8 Å². The Hall–Kier alpha value is -4.93. The van der Waals surface area contributed by atoms with E-state index in [1.165, 1.54) is 27.4 Å². The summed E-state index contributed by atoms with van der Waals surface area (Å²) in [4.78, 5) is 1.07. The van der Waals surface area contributed by atoms with Gasteiger partial charge in [0.1, 0.15) is 11.2 Å². The van der Waals surface area contributed by atoms with Gasteiger partial charge < -0.3 is 14.7 Å². The smallest absolute Gasteiger partial charge is 0.144 e. The van der Waals surface area contributed by atoms with Gasteiger partial charge >= 0.3 is 0 Å². The molecule has 0 saturated carbocycles. The maximum Gasteiger partial charge on any atom is 0.144 e. The van der Waals surface area contributed by atoms with E-state index in [4.69, 9.17) is 10.2 Å². The third kappa shape index (κ3) is 3.91. The molecule has 196 valence electrons. The Kier molecular flexibility index (Phi) is 5.61. The van der Waals surface area contributed by atoms with Crippen molar-refractivity contribution in [2.75, 3.05) is 5.73 Å². The van der Waals surface area contributed by atoms with Crippen LogP contribution in [-0.4, -0.2) is 4.57 Å². The molecule has 0 aliphatic rings. The Bertz CT molecular complexity index is 2160. The SMILES string of the molecule is Nc1cc(-c2ccccc2)c2oc3ccccc3c2c1SCc1ccc(-n2c3ccccc3c3ccccc32)cc1. The summed E-state index contributed by atoms with van der Waals surface area (Å²) in [5, 5.41) is 4.73. The van der Waals surface area contributed by atoms with E-state index >= 15 is 0 Å². The highest BCUT2D eigenvalue weighted by Crippen LogP contribution is 2.45. The number of thioether (sulfide) groups is 1. The van der Waals surface area contributed by atoms with Crippen LogP contribution in [0, 0.1) is 0 Å². The van der Waals surface area contributed by atoms with E-state index in [1.54, 1.807) is 11.8 Å². The van der Waals surface area contributed by atoms with Crippen LogP contribution >= 0.6 is 11.8 Å². The summed E-state index contributed by atoms with van der Waals surface area (Å²) in [7, 11) is 0. The van der Waals surface area contributed by atoms with Crippen LogP contribution in [0.2, 0.25) is 0 Å². The van der Waals surface area contributed by atoms with Crippen molar-refractivity contribution in [2.24, 2.45) is 0 Å². The molecule has 0 unspecified atom stereocenters. The van der Waals surface area contributed by atoms with Gasteiger partial charge in [0.25, 0.3) is 0 Å². The van der Waals surface area contributed by atoms with Crippen molar-refractivity contribution in [3.63, 3.8) is 0 Å². The molecule has 0 aliphatic heterocycles. The Morgan fingerprint density at radius 2 is 1.24 bits per heavy atom. The van der Waals surface area contributed by atoms with Crippen LogP contribution in [-0.2, 0) is 5.75 Å². The van der Waals surface area contributed by atoms with Crippen LogP contribution in [0.3, 0.4) is 0 Å². The van der Waals surface area contributed by atoms with Crippen LogP contribution < -0.4 is 5.73 Å². The van der Waals surface area contributed by atoms with Gasteiger partial charge in [-0.1, -0.05) is 97.1 Å². The van der Waals surface area contributed by atoms with Crippen LogP contribution in [0.1, 0.15) is 5.56 Å². The van der Waals surface area contributed by atoms with Gasteiger partial charge in [0, 0.05) is 49.1 Å². The highest BCUT2D eigenvalue weighted by Gasteiger charge is 2.19. The number of nitrogens with zero attached hydrogens (tertiary/aromatic N) is 1. The molecule has 0 amide bonds. The average molecular weight is 547 g/mol. The minimum Gasteiger partial charge on any atom is -0.455 e. The van der Waals surface area contributed by atoms with E-state index in [0.717, 1.165) is 55.1 Å². The number of anilines is 1. The molecule has 2 aromatic heterocycles. The highest BCUT2D eigenvalue weighted by atomic mass is 32.2. The molecule has 0 saturated heterocycles. The van der Waals surface area contributed by atoms with Gasteiger partial charge in [0.15, 0.2) is 0 Å². The fourth-order valence-corrected chi connectivity index (χ4v) is 7.05. The first-order valence-corrected chi connectivity index (χ1v) is 14.7. The molecule has 0 atom stereocenters. The quantitative estimate of drug-likeness (QED) is 0.172. The second-order valence-electron chi connectivity index (χ2n) is 10.3. The van der Waals surface area contributed by atoms with Crippen LogP contribution in [0.15, 0.2) is 143 Å². The summed E-state index contributed by atoms with van der Waals surface area (Å²) in [5.41, 5.74) is 16.3. The number of hydrogen-bond acceptors (Lipinski definition) is 3. The lowest BCUT2D eigenvalue weighted by Crippen LogP contribution is -1.95. The number of hydrogen-bond donors (Lipinski definition) is 1. The molecule has 8 aromatic rings. The van der Waals surface area contributed by atoms with Crippen molar-refractivity contribution in [3.8, 4) is 16.8 Å². The first-order valence-electron chi connectivity index (χ1n) is 13.8. The second kappa shape index (κ2) is 9.61. The number of benzene rings is 6. The summed E-state index contributed by atoms with van der Waals surface area (Å²) in [6, 6.07) is 46.7. The van der Waals surface area contributed by atoms with Crippen LogP contribution in [0.4, 0.5) is 5.69 Å². The molecule has 3 nitrogen and oxygen atoms in total. The van der Waals surface area contributed by atoms with Crippen molar-refractivity contribution in [2.45, 2.75) is 10.6 Å². The van der Waals surface area contributed by atoms with Crippen molar-refractivity contribution in [1.82, 2.24) is 4.57 Å². The minimum absolute atomic E-state index is 0.773. The number of nitrogen functional groups attached to an aromatic ring is 1. The molecule has 2 N–H and O–H groups in total. The summed E-state index contributed by atoms with van der Waals surface area (Å²) in [5.74, 6) is 0.803. The maximum atomic E-state index is 6.77. The zero-order chi connectivity index (χ0) is 27.3. The van der Waals surface area contributed by atoms with Crippen LogP contribution in [0.5, 0.6) is 0 Å². The molecular weight excluding hydrogens is 520 g/mol. The van der Waals surface area contributed by atoms with E-state index in [1.807, 2.05) is 30.3 Å². The van der Waals surface area contributed by atoms with Gasteiger partial charge in [0.05, 0.1) is 11.0 Å². The largest absolute Gasteiger partial charge is 0.455 e. The molecule has 41 heavy (non-hydrogen) atoms. The Labute approximate surface area is 241 Å². The number of nitrogens with two attached hydrogens (primary N) is 1. The monoisotopic (exact) mass is 546 g/mol. The lowest BCUT2D eigenvalue weighted by atomic mass is 10.0. The normalized spacial score (nSPS) is 11.7. The van der Waals surface area contributed by atoms with Crippen molar-refractivity contribution in [1.29, 1.82) is 0 Å². The molecule has 8 rings (SSSR count). The van der Waals surface area contributed by atoms with Crippen LogP contribution in [0.25, 0.3) is 60.6 Å². The Balaban J connectivity index is 1.17. The first kappa shape index (κ1) is 23.9. The van der Waals surface area contributed by atoms with Gasteiger partial charge in [-0.05, 0) is 47.5 Å². The van der Waals surface area contributed by atoms with E-state index in [2.05, 4.69) is 108 Å². The predicted molar refractivity (Wildman–Crippen MR) is 174 cm³/mol. The molecule has 0 fully saturated rings. The number of aromatic nitrogens is 1.